The molecule has 0 aliphatic rings. The topological polar surface area (TPSA) is 44.5 Å². The SMILES string of the molecule is COCCc1ccc(OC(CN)c2cccc(Br)c2)cc1. The highest BCUT2D eigenvalue weighted by atomic mass is 79.9. The maximum absolute atomic E-state index is 5.99. The molecule has 2 N–H and O–H groups in total. The normalized spacial score (nSPS) is 12.1. The van der Waals surface area contributed by atoms with E-state index in [-0.39, 0.29) is 6.10 Å². The Morgan fingerprint density at radius 1 is 1.14 bits per heavy atom. The van der Waals surface area contributed by atoms with Gasteiger partial charge in [0, 0.05) is 18.1 Å². The molecule has 112 valence electrons. The van der Waals surface area contributed by atoms with Crippen molar-refractivity contribution in [2.75, 3.05) is 20.3 Å². The van der Waals surface area contributed by atoms with Crippen LogP contribution in [0.5, 0.6) is 5.75 Å². The smallest absolute Gasteiger partial charge is 0.136 e. The highest BCUT2D eigenvalue weighted by molar-refractivity contribution is 9.10. The quantitative estimate of drug-likeness (QED) is 0.828. The Bertz CT molecular complexity index is 557. The van der Waals surface area contributed by atoms with Crippen LogP contribution in [-0.4, -0.2) is 20.3 Å². The van der Waals surface area contributed by atoms with E-state index in [4.69, 9.17) is 15.2 Å². The van der Waals surface area contributed by atoms with Crippen molar-refractivity contribution in [3.8, 4) is 5.75 Å². The maximum Gasteiger partial charge on any atom is 0.136 e. The molecule has 2 rings (SSSR count). The predicted molar refractivity (Wildman–Crippen MR) is 88.6 cm³/mol. The molecule has 0 aromatic heterocycles. The lowest BCUT2D eigenvalue weighted by atomic mass is 10.1. The summed E-state index contributed by atoms with van der Waals surface area (Å²) in [4.78, 5) is 0. The summed E-state index contributed by atoms with van der Waals surface area (Å²) >= 11 is 3.47. The van der Waals surface area contributed by atoms with Crippen molar-refractivity contribution in [3.63, 3.8) is 0 Å². The minimum absolute atomic E-state index is 0.146. The zero-order chi connectivity index (χ0) is 15.1. The molecule has 0 aliphatic heterocycles. The van der Waals surface area contributed by atoms with Crippen molar-refractivity contribution in [1.29, 1.82) is 0 Å². The first-order chi connectivity index (χ1) is 10.2. The highest BCUT2D eigenvalue weighted by Crippen LogP contribution is 2.24. The number of hydrogen-bond acceptors (Lipinski definition) is 3. The summed E-state index contributed by atoms with van der Waals surface area (Å²) in [6, 6.07) is 16.1. The Morgan fingerprint density at radius 3 is 2.52 bits per heavy atom. The third kappa shape index (κ3) is 4.84. The van der Waals surface area contributed by atoms with Crippen LogP contribution in [0.4, 0.5) is 0 Å². The van der Waals surface area contributed by atoms with Gasteiger partial charge in [0.1, 0.15) is 11.9 Å². The Morgan fingerprint density at radius 2 is 1.90 bits per heavy atom. The van der Waals surface area contributed by atoms with Gasteiger partial charge in [0.2, 0.25) is 0 Å². The van der Waals surface area contributed by atoms with Gasteiger partial charge in [-0.05, 0) is 41.8 Å². The third-order valence-corrected chi connectivity index (χ3v) is 3.72. The van der Waals surface area contributed by atoms with Gasteiger partial charge in [-0.25, -0.2) is 0 Å². The first-order valence-electron chi connectivity index (χ1n) is 6.93. The average molecular weight is 350 g/mol. The predicted octanol–water partition coefficient (Wildman–Crippen LogP) is 3.72. The summed E-state index contributed by atoms with van der Waals surface area (Å²) in [5.41, 5.74) is 8.14. The van der Waals surface area contributed by atoms with Crippen molar-refractivity contribution in [3.05, 3.63) is 64.1 Å². The molecule has 1 unspecified atom stereocenters. The summed E-state index contributed by atoms with van der Waals surface area (Å²) < 4.78 is 12.1. The lowest BCUT2D eigenvalue weighted by molar-refractivity contribution is 0.202. The van der Waals surface area contributed by atoms with E-state index >= 15 is 0 Å². The van der Waals surface area contributed by atoms with E-state index in [2.05, 4.69) is 28.1 Å². The molecule has 2 aromatic rings. The van der Waals surface area contributed by atoms with Crippen molar-refractivity contribution >= 4 is 15.9 Å². The molecule has 0 saturated carbocycles. The second-order valence-corrected chi connectivity index (χ2v) is 5.70. The third-order valence-electron chi connectivity index (χ3n) is 3.23. The minimum Gasteiger partial charge on any atom is -0.484 e. The van der Waals surface area contributed by atoms with E-state index in [0.29, 0.717) is 6.54 Å². The Hall–Kier alpha value is -1.36. The number of nitrogens with two attached hydrogens (primary N) is 1. The monoisotopic (exact) mass is 349 g/mol. The van der Waals surface area contributed by atoms with Crippen LogP contribution < -0.4 is 10.5 Å². The van der Waals surface area contributed by atoms with Gasteiger partial charge >= 0.3 is 0 Å². The maximum atomic E-state index is 5.99. The molecule has 3 nitrogen and oxygen atoms in total. The van der Waals surface area contributed by atoms with Gasteiger partial charge in [0.15, 0.2) is 0 Å². The minimum atomic E-state index is -0.146. The van der Waals surface area contributed by atoms with Crippen LogP contribution >= 0.6 is 15.9 Å². The molecule has 0 heterocycles. The zero-order valence-corrected chi connectivity index (χ0v) is 13.7. The molecule has 0 bridgehead atoms. The second-order valence-electron chi connectivity index (χ2n) is 4.78. The van der Waals surface area contributed by atoms with Crippen LogP contribution in [0.1, 0.15) is 17.2 Å². The van der Waals surface area contributed by atoms with Crippen molar-refractivity contribution in [2.24, 2.45) is 5.73 Å². The van der Waals surface area contributed by atoms with Gasteiger partial charge in [-0.1, -0.05) is 40.2 Å². The zero-order valence-electron chi connectivity index (χ0n) is 12.1. The molecule has 0 fully saturated rings. The lowest BCUT2D eigenvalue weighted by Gasteiger charge is -2.18. The molecule has 0 saturated heterocycles. The molecular weight excluding hydrogens is 330 g/mol. The van der Waals surface area contributed by atoms with Gasteiger partial charge in [-0.2, -0.15) is 0 Å². The molecule has 1 atom stereocenters. The van der Waals surface area contributed by atoms with Gasteiger partial charge in [0.05, 0.1) is 6.61 Å². The average Bonchev–Trinajstić information content (AvgIpc) is 2.51. The highest BCUT2D eigenvalue weighted by Gasteiger charge is 2.11. The van der Waals surface area contributed by atoms with E-state index in [1.807, 2.05) is 36.4 Å². The number of methoxy groups -OCH3 is 1. The summed E-state index contributed by atoms with van der Waals surface area (Å²) in [7, 11) is 1.71. The molecule has 4 heteroatoms. The fourth-order valence-electron chi connectivity index (χ4n) is 2.08. The fourth-order valence-corrected chi connectivity index (χ4v) is 2.49. The number of ether oxygens (including phenoxy) is 2. The summed E-state index contributed by atoms with van der Waals surface area (Å²) in [6.45, 7) is 1.16. The van der Waals surface area contributed by atoms with Crippen molar-refractivity contribution in [1.82, 2.24) is 0 Å². The molecular formula is C17H20BrNO2. The van der Waals surface area contributed by atoms with E-state index in [0.717, 1.165) is 28.8 Å². The fraction of sp³-hybridized carbons (Fsp3) is 0.294. The van der Waals surface area contributed by atoms with Gasteiger partial charge < -0.3 is 15.2 Å². The Balaban J connectivity index is 2.04. The van der Waals surface area contributed by atoms with E-state index < -0.39 is 0 Å². The van der Waals surface area contributed by atoms with Gasteiger partial charge in [0.25, 0.3) is 0 Å². The number of benzene rings is 2. The molecule has 2 aromatic carbocycles. The first-order valence-corrected chi connectivity index (χ1v) is 7.72. The summed E-state index contributed by atoms with van der Waals surface area (Å²) in [5.74, 6) is 0.826. The Kier molecular flexibility index (Phi) is 6.23. The van der Waals surface area contributed by atoms with Crippen LogP contribution in [0.25, 0.3) is 0 Å². The van der Waals surface area contributed by atoms with E-state index in [1.54, 1.807) is 7.11 Å². The van der Waals surface area contributed by atoms with E-state index in [9.17, 15) is 0 Å². The van der Waals surface area contributed by atoms with Gasteiger partial charge in [-0.3, -0.25) is 0 Å². The standard InChI is InChI=1S/C17H20BrNO2/c1-20-10-9-13-5-7-16(8-6-13)21-17(12-19)14-3-2-4-15(18)11-14/h2-8,11,17H,9-10,12,19H2,1H3. The van der Waals surface area contributed by atoms with Gasteiger partial charge in [-0.15, -0.1) is 0 Å². The van der Waals surface area contributed by atoms with E-state index in [1.165, 1.54) is 5.56 Å². The number of hydrogen-bond donors (Lipinski definition) is 1. The number of halogens is 1. The van der Waals surface area contributed by atoms with Crippen LogP contribution in [0, 0.1) is 0 Å². The van der Waals surface area contributed by atoms with Crippen molar-refractivity contribution in [2.45, 2.75) is 12.5 Å². The Labute approximate surface area is 134 Å². The first kappa shape index (κ1) is 16.0. The molecule has 21 heavy (non-hydrogen) atoms. The summed E-state index contributed by atoms with van der Waals surface area (Å²) in [6.07, 6.45) is 0.759. The van der Waals surface area contributed by atoms with Crippen LogP contribution in [-0.2, 0) is 11.2 Å². The largest absolute Gasteiger partial charge is 0.484 e. The molecule has 0 spiro atoms. The van der Waals surface area contributed by atoms with Crippen LogP contribution in [0.3, 0.4) is 0 Å². The lowest BCUT2D eigenvalue weighted by Crippen LogP contribution is -2.18. The van der Waals surface area contributed by atoms with Crippen LogP contribution in [0.2, 0.25) is 0 Å². The molecule has 0 amide bonds. The molecule has 0 radical (unpaired) electrons. The summed E-state index contributed by atoms with van der Waals surface area (Å²) in [5, 5.41) is 0. The number of rotatable bonds is 7. The van der Waals surface area contributed by atoms with Crippen molar-refractivity contribution < 1.29 is 9.47 Å². The molecule has 0 aliphatic carbocycles. The van der Waals surface area contributed by atoms with Crippen LogP contribution in [0.15, 0.2) is 53.0 Å². The second kappa shape index (κ2) is 8.17.